The predicted octanol–water partition coefficient (Wildman–Crippen LogP) is 5.21. The van der Waals surface area contributed by atoms with Crippen molar-refractivity contribution in [3.05, 3.63) is 54.1 Å². The summed E-state index contributed by atoms with van der Waals surface area (Å²) in [5.74, 6) is 3.42. The van der Waals surface area contributed by atoms with Crippen molar-refractivity contribution < 1.29 is 14.3 Å². The molecule has 2 spiro atoms. The van der Waals surface area contributed by atoms with Crippen LogP contribution in [0.15, 0.2) is 48.5 Å². The van der Waals surface area contributed by atoms with Gasteiger partial charge in [-0.2, -0.15) is 5.06 Å². The Bertz CT molecular complexity index is 1120. The molecule has 2 aromatic carbocycles. The SMILES string of the molecule is COc1ccc(N2CN3O[C@]4(CC[C@H]5C(C)(C)[C@@]56C[C@@H]46)C[C@@]3(c3cccc(OC)c3)C2)cc1. The van der Waals surface area contributed by atoms with Gasteiger partial charge in [0.25, 0.3) is 0 Å². The second kappa shape index (κ2) is 6.25. The topological polar surface area (TPSA) is 34.2 Å². The van der Waals surface area contributed by atoms with E-state index in [1.54, 1.807) is 14.2 Å². The molecule has 33 heavy (non-hydrogen) atoms. The smallest absolute Gasteiger partial charge is 0.119 e. The summed E-state index contributed by atoms with van der Waals surface area (Å²) in [7, 11) is 3.47. The zero-order chi connectivity index (χ0) is 22.6. The van der Waals surface area contributed by atoms with Crippen molar-refractivity contribution in [2.75, 3.05) is 32.3 Å². The normalized spacial score (nSPS) is 39.7. The maximum atomic E-state index is 7.11. The highest BCUT2D eigenvalue weighted by Crippen LogP contribution is 2.91. The van der Waals surface area contributed by atoms with E-state index in [0.717, 1.165) is 37.1 Å². The van der Waals surface area contributed by atoms with Crippen LogP contribution in [0.4, 0.5) is 5.69 Å². The molecule has 2 aromatic rings. The molecule has 2 heterocycles. The average Bonchev–Trinajstić information content (AvgIpc) is 3.59. The Kier molecular flexibility index (Phi) is 3.82. The van der Waals surface area contributed by atoms with Crippen LogP contribution in [0, 0.1) is 22.7 Å². The minimum absolute atomic E-state index is 0.0145. The molecule has 3 saturated carbocycles. The fourth-order valence-electron chi connectivity index (χ4n) is 8.49. The summed E-state index contributed by atoms with van der Waals surface area (Å²) >= 11 is 0. The van der Waals surface area contributed by atoms with Gasteiger partial charge >= 0.3 is 0 Å². The van der Waals surface area contributed by atoms with Crippen molar-refractivity contribution in [2.24, 2.45) is 22.7 Å². The number of anilines is 1. The summed E-state index contributed by atoms with van der Waals surface area (Å²) in [5, 5.41) is 2.33. The molecular weight excluding hydrogens is 412 g/mol. The Hall–Kier alpha value is -2.24. The molecule has 5 atom stereocenters. The molecule has 5 heteroatoms. The summed E-state index contributed by atoms with van der Waals surface area (Å²) in [6.07, 6.45) is 4.93. The van der Waals surface area contributed by atoms with Crippen molar-refractivity contribution in [3.8, 4) is 11.5 Å². The number of hydrogen-bond donors (Lipinski definition) is 0. The van der Waals surface area contributed by atoms with Crippen molar-refractivity contribution >= 4 is 5.69 Å². The number of nitrogens with zero attached hydrogens (tertiary/aromatic N) is 2. The molecule has 0 N–H and O–H groups in total. The van der Waals surface area contributed by atoms with Gasteiger partial charge in [-0.15, -0.1) is 0 Å². The van der Waals surface area contributed by atoms with Gasteiger partial charge in [-0.3, -0.25) is 4.84 Å². The molecule has 5 aliphatic rings. The second-order valence-electron chi connectivity index (χ2n) is 11.6. The van der Waals surface area contributed by atoms with E-state index < -0.39 is 0 Å². The van der Waals surface area contributed by atoms with Crippen LogP contribution in [0.1, 0.15) is 45.1 Å². The average molecular weight is 447 g/mol. The number of methoxy groups -OCH3 is 2. The highest BCUT2D eigenvalue weighted by Gasteiger charge is 2.89. The third kappa shape index (κ3) is 2.40. The first-order chi connectivity index (χ1) is 15.9. The molecule has 174 valence electrons. The summed E-state index contributed by atoms with van der Waals surface area (Å²) in [5.41, 5.74) is 3.39. The van der Waals surface area contributed by atoms with Crippen LogP contribution in [-0.2, 0) is 10.4 Å². The van der Waals surface area contributed by atoms with Crippen LogP contribution in [0.25, 0.3) is 0 Å². The number of fused-ring (bicyclic) bond motifs is 2. The molecule has 0 radical (unpaired) electrons. The number of hydroxylamine groups is 2. The third-order valence-electron chi connectivity index (χ3n) is 10.3. The summed E-state index contributed by atoms with van der Waals surface area (Å²) in [6.45, 7) is 6.69. The fourth-order valence-corrected chi connectivity index (χ4v) is 8.49. The summed E-state index contributed by atoms with van der Waals surface area (Å²) < 4.78 is 11.0. The van der Waals surface area contributed by atoms with Crippen molar-refractivity contribution in [1.29, 1.82) is 0 Å². The second-order valence-corrected chi connectivity index (χ2v) is 11.6. The quantitative estimate of drug-likeness (QED) is 0.644. The van der Waals surface area contributed by atoms with E-state index in [-0.39, 0.29) is 11.1 Å². The number of hydrogen-bond acceptors (Lipinski definition) is 5. The van der Waals surface area contributed by atoms with Gasteiger partial charge < -0.3 is 14.4 Å². The molecule has 5 fully saturated rings. The standard InChI is InChI=1S/C28H34N2O3/c1-25(2)23-12-13-27(24-15-28(23,24)25)16-26(19-6-5-7-22(14-19)32-4)17-29(18-30(26)33-27)20-8-10-21(31-3)11-9-20/h5-11,14,23-24H,12-13,15-18H2,1-4H3/t23-,24-,26-,27+,28-/m0/s1. The molecule has 0 amide bonds. The van der Waals surface area contributed by atoms with Crippen molar-refractivity contribution in [2.45, 2.75) is 50.7 Å². The molecule has 5 nitrogen and oxygen atoms in total. The highest BCUT2D eigenvalue weighted by molar-refractivity contribution is 5.52. The van der Waals surface area contributed by atoms with E-state index in [1.165, 1.54) is 30.5 Å². The Morgan fingerprint density at radius 1 is 0.970 bits per heavy atom. The zero-order valence-electron chi connectivity index (χ0n) is 20.1. The molecule has 0 unspecified atom stereocenters. The van der Waals surface area contributed by atoms with Crippen LogP contribution < -0.4 is 14.4 Å². The van der Waals surface area contributed by atoms with Crippen LogP contribution in [0.2, 0.25) is 0 Å². The number of benzene rings is 2. The molecule has 3 aliphatic carbocycles. The maximum Gasteiger partial charge on any atom is 0.119 e. The van der Waals surface area contributed by atoms with Crippen molar-refractivity contribution in [1.82, 2.24) is 5.06 Å². The van der Waals surface area contributed by atoms with Crippen LogP contribution in [0.3, 0.4) is 0 Å². The molecule has 0 aromatic heterocycles. The number of rotatable bonds is 4. The minimum atomic E-state index is -0.163. The Labute approximate surface area is 196 Å². The van der Waals surface area contributed by atoms with Gasteiger partial charge in [-0.25, -0.2) is 0 Å². The van der Waals surface area contributed by atoms with E-state index >= 15 is 0 Å². The van der Waals surface area contributed by atoms with Crippen LogP contribution in [-0.4, -0.2) is 38.1 Å². The van der Waals surface area contributed by atoms with Gasteiger partial charge in [-0.1, -0.05) is 26.0 Å². The number of ether oxygens (including phenoxy) is 2. The lowest BCUT2D eigenvalue weighted by atomic mass is 9.74. The molecule has 7 rings (SSSR count). The van der Waals surface area contributed by atoms with Crippen LogP contribution >= 0.6 is 0 Å². The highest BCUT2D eigenvalue weighted by atomic mass is 16.7. The maximum absolute atomic E-state index is 7.11. The van der Waals surface area contributed by atoms with Gasteiger partial charge in [0, 0.05) is 18.7 Å². The first-order valence-corrected chi connectivity index (χ1v) is 12.4. The van der Waals surface area contributed by atoms with E-state index in [1.807, 2.05) is 18.2 Å². The van der Waals surface area contributed by atoms with E-state index in [4.69, 9.17) is 14.3 Å². The molecule has 2 saturated heterocycles. The van der Waals surface area contributed by atoms with Gasteiger partial charge in [-0.05, 0) is 83.9 Å². The predicted molar refractivity (Wildman–Crippen MR) is 127 cm³/mol. The first-order valence-electron chi connectivity index (χ1n) is 12.4. The molecule has 2 aliphatic heterocycles. The van der Waals surface area contributed by atoms with Gasteiger partial charge in [0.1, 0.15) is 11.5 Å². The lowest BCUT2D eigenvalue weighted by Gasteiger charge is -2.34. The van der Waals surface area contributed by atoms with Gasteiger partial charge in [0.15, 0.2) is 0 Å². The first kappa shape index (κ1) is 20.2. The van der Waals surface area contributed by atoms with E-state index in [9.17, 15) is 0 Å². The summed E-state index contributed by atoms with van der Waals surface area (Å²) in [4.78, 5) is 9.55. The van der Waals surface area contributed by atoms with Crippen LogP contribution in [0.5, 0.6) is 11.5 Å². The van der Waals surface area contributed by atoms with E-state index in [0.29, 0.717) is 16.7 Å². The van der Waals surface area contributed by atoms with Crippen molar-refractivity contribution in [3.63, 3.8) is 0 Å². The third-order valence-corrected chi connectivity index (χ3v) is 10.3. The largest absolute Gasteiger partial charge is 0.497 e. The lowest BCUT2D eigenvalue weighted by Crippen LogP contribution is -2.40. The zero-order valence-corrected chi connectivity index (χ0v) is 20.1. The lowest BCUT2D eigenvalue weighted by molar-refractivity contribution is -0.223. The van der Waals surface area contributed by atoms with E-state index in [2.05, 4.69) is 54.1 Å². The van der Waals surface area contributed by atoms with Gasteiger partial charge in [0.05, 0.1) is 32.0 Å². The fraction of sp³-hybridized carbons (Fsp3) is 0.571. The van der Waals surface area contributed by atoms with Gasteiger partial charge in [0.2, 0.25) is 0 Å². The minimum Gasteiger partial charge on any atom is -0.497 e. The Morgan fingerprint density at radius 3 is 2.52 bits per heavy atom. The molecular formula is C28H34N2O3. The molecule has 0 bridgehead atoms. The Morgan fingerprint density at radius 2 is 1.76 bits per heavy atom. The summed E-state index contributed by atoms with van der Waals surface area (Å²) in [6, 6.07) is 17.1. The Balaban J connectivity index is 1.26. The monoisotopic (exact) mass is 446 g/mol.